The number of methoxy groups -OCH3 is 1. The summed E-state index contributed by atoms with van der Waals surface area (Å²) in [4.78, 5) is 0. The third-order valence-corrected chi connectivity index (χ3v) is 3.12. The van der Waals surface area contributed by atoms with Gasteiger partial charge in [-0.05, 0) is 40.5 Å². The number of halogens is 1. The monoisotopic (exact) mass is 331 g/mol. The molecule has 0 aliphatic carbocycles. The summed E-state index contributed by atoms with van der Waals surface area (Å²) in [5, 5.41) is 3.30. The maximum Gasteiger partial charge on any atom is 0.133 e. The van der Waals surface area contributed by atoms with Crippen molar-refractivity contribution in [1.29, 1.82) is 0 Å². The SMILES string of the molecule is CCOCCOc1ccc(CNCCOC)cc1Br. The molecule has 0 unspecified atom stereocenters. The summed E-state index contributed by atoms with van der Waals surface area (Å²) < 4.78 is 16.8. The summed E-state index contributed by atoms with van der Waals surface area (Å²) in [7, 11) is 1.70. The molecule has 0 radical (unpaired) electrons. The lowest BCUT2D eigenvalue weighted by Gasteiger charge is -2.10. The van der Waals surface area contributed by atoms with Crippen molar-refractivity contribution in [2.45, 2.75) is 13.5 Å². The molecule has 1 rings (SSSR count). The van der Waals surface area contributed by atoms with Crippen LogP contribution in [0.15, 0.2) is 22.7 Å². The largest absolute Gasteiger partial charge is 0.490 e. The molecule has 0 fully saturated rings. The van der Waals surface area contributed by atoms with Gasteiger partial charge in [-0.15, -0.1) is 0 Å². The second kappa shape index (κ2) is 10.2. The molecule has 0 aliphatic rings. The molecule has 108 valence electrons. The first-order chi connectivity index (χ1) is 9.27. The van der Waals surface area contributed by atoms with Crippen molar-refractivity contribution in [2.75, 3.05) is 40.1 Å². The van der Waals surface area contributed by atoms with Crippen LogP contribution in [0.2, 0.25) is 0 Å². The average Bonchev–Trinajstić information content (AvgIpc) is 2.42. The lowest BCUT2D eigenvalue weighted by molar-refractivity contribution is 0.110. The summed E-state index contributed by atoms with van der Waals surface area (Å²) in [6.07, 6.45) is 0. The normalized spacial score (nSPS) is 10.7. The third kappa shape index (κ3) is 6.92. The van der Waals surface area contributed by atoms with Gasteiger partial charge < -0.3 is 19.5 Å². The summed E-state index contributed by atoms with van der Waals surface area (Å²) in [5.41, 5.74) is 1.21. The van der Waals surface area contributed by atoms with E-state index in [0.29, 0.717) is 13.2 Å². The van der Waals surface area contributed by atoms with E-state index in [2.05, 4.69) is 33.4 Å². The minimum atomic E-state index is 0.567. The Kier molecular flexibility index (Phi) is 8.82. The molecule has 1 N–H and O–H groups in total. The Morgan fingerprint density at radius 1 is 1.21 bits per heavy atom. The van der Waals surface area contributed by atoms with Gasteiger partial charge in [0.15, 0.2) is 0 Å². The molecule has 0 aliphatic heterocycles. The lowest BCUT2D eigenvalue weighted by Crippen LogP contribution is -2.18. The van der Waals surface area contributed by atoms with Crippen LogP contribution in [0.3, 0.4) is 0 Å². The molecular weight excluding hydrogens is 310 g/mol. The fourth-order valence-electron chi connectivity index (χ4n) is 1.53. The van der Waals surface area contributed by atoms with Crippen LogP contribution >= 0.6 is 15.9 Å². The van der Waals surface area contributed by atoms with E-state index < -0.39 is 0 Å². The van der Waals surface area contributed by atoms with Crippen molar-refractivity contribution in [3.05, 3.63) is 28.2 Å². The predicted molar refractivity (Wildman–Crippen MR) is 79.7 cm³/mol. The summed E-state index contributed by atoms with van der Waals surface area (Å²) >= 11 is 3.52. The van der Waals surface area contributed by atoms with E-state index in [1.165, 1.54) is 5.56 Å². The quantitative estimate of drug-likeness (QED) is 0.669. The summed E-state index contributed by atoms with van der Waals surface area (Å²) in [6.45, 7) is 6.26. The summed E-state index contributed by atoms with van der Waals surface area (Å²) in [6, 6.07) is 6.10. The number of hydrogen-bond donors (Lipinski definition) is 1. The Morgan fingerprint density at radius 2 is 2.05 bits per heavy atom. The number of rotatable bonds is 10. The van der Waals surface area contributed by atoms with E-state index in [4.69, 9.17) is 14.2 Å². The van der Waals surface area contributed by atoms with Gasteiger partial charge in [0.1, 0.15) is 12.4 Å². The van der Waals surface area contributed by atoms with Gasteiger partial charge in [-0.3, -0.25) is 0 Å². The Bertz CT molecular complexity index is 361. The molecule has 1 aromatic carbocycles. The molecule has 0 amide bonds. The first-order valence-corrected chi connectivity index (χ1v) is 7.25. The minimum absolute atomic E-state index is 0.567. The molecular formula is C14H22BrNO3. The van der Waals surface area contributed by atoms with E-state index >= 15 is 0 Å². The topological polar surface area (TPSA) is 39.7 Å². The second-order valence-electron chi connectivity index (χ2n) is 3.98. The van der Waals surface area contributed by atoms with Crippen molar-refractivity contribution in [3.8, 4) is 5.75 Å². The van der Waals surface area contributed by atoms with Crippen LogP contribution in [-0.4, -0.2) is 40.1 Å². The predicted octanol–water partition coefficient (Wildman–Crippen LogP) is 2.60. The second-order valence-corrected chi connectivity index (χ2v) is 4.83. The van der Waals surface area contributed by atoms with E-state index in [9.17, 15) is 0 Å². The third-order valence-electron chi connectivity index (χ3n) is 2.50. The van der Waals surface area contributed by atoms with Crippen molar-refractivity contribution in [1.82, 2.24) is 5.32 Å². The lowest BCUT2D eigenvalue weighted by atomic mass is 10.2. The smallest absolute Gasteiger partial charge is 0.133 e. The van der Waals surface area contributed by atoms with Crippen molar-refractivity contribution >= 4 is 15.9 Å². The van der Waals surface area contributed by atoms with Gasteiger partial charge in [0.25, 0.3) is 0 Å². The van der Waals surface area contributed by atoms with Crippen LogP contribution in [0.25, 0.3) is 0 Å². The molecule has 0 heterocycles. The standard InChI is InChI=1S/C14H22BrNO3/c1-3-18-8-9-19-14-5-4-12(10-13(14)15)11-16-6-7-17-2/h4-5,10,16H,3,6-9,11H2,1-2H3. The van der Waals surface area contributed by atoms with E-state index in [1.54, 1.807) is 7.11 Å². The minimum Gasteiger partial charge on any atom is -0.490 e. The molecule has 0 atom stereocenters. The van der Waals surface area contributed by atoms with Crippen LogP contribution in [0.5, 0.6) is 5.75 Å². The maximum absolute atomic E-state index is 5.62. The van der Waals surface area contributed by atoms with Gasteiger partial charge in [-0.1, -0.05) is 6.07 Å². The fourth-order valence-corrected chi connectivity index (χ4v) is 2.07. The van der Waals surface area contributed by atoms with Crippen molar-refractivity contribution in [2.24, 2.45) is 0 Å². The molecule has 4 nitrogen and oxygen atoms in total. The molecule has 1 aromatic rings. The van der Waals surface area contributed by atoms with Gasteiger partial charge in [0, 0.05) is 26.8 Å². The van der Waals surface area contributed by atoms with E-state index in [-0.39, 0.29) is 0 Å². The Hall–Kier alpha value is -0.620. The van der Waals surface area contributed by atoms with E-state index in [0.717, 1.165) is 36.5 Å². The zero-order chi connectivity index (χ0) is 13.9. The highest BCUT2D eigenvalue weighted by Gasteiger charge is 2.02. The van der Waals surface area contributed by atoms with Crippen LogP contribution in [0.4, 0.5) is 0 Å². The highest BCUT2D eigenvalue weighted by atomic mass is 79.9. The maximum atomic E-state index is 5.62. The van der Waals surface area contributed by atoms with Crippen molar-refractivity contribution in [3.63, 3.8) is 0 Å². The van der Waals surface area contributed by atoms with Crippen LogP contribution < -0.4 is 10.1 Å². The molecule has 5 heteroatoms. The van der Waals surface area contributed by atoms with Gasteiger partial charge in [-0.2, -0.15) is 0 Å². The Balaban J connectivity index is 2.36. The van der Waals surface area contributed by atoms with Crippen LogP contribution in [-0.2, 0) is 16.0 Å². The zero-order valence-electron chi connectivity index (χ0n) is 11.6. The highest BCUT2D eigenvalue weighted by molar-refractivity contribution is 9.10. The summed E-state index contributed by atoms with van der Waals surface area (Å²) in [5.74, 6) is 0.848. The molecule has 0 aromatic heterocycles. The van der Waals surface area contributed by atoms with Crippen LogP contribution in [0.1, 0.15) is 12.5 Å². The van der Waals surface area contributed by atoms with Gasteiger partial charge in [0.05, 0.1) is 17.7 Å². The number of ether oxygens (including phenoxy) is 3. The van der Waals surface area contributed by atoms with Gasteiger partial charge >= 0.3 is 0 Å². The molecule has 0 spiro atoms. The van der Waals surface area contributed by atoms with Gasteiger partial charge in [0.2, 0.25) is 0 Å². The average molecular weight is 332 g/mol. The van der Waals surface area contributed by atoms with Gasteiger partial charge in [-0.25, -0.2) is 0 Å². The van der Waals surface area contributed by atoms with E-state index in [1.807, 2.05) is 13.0 Å². The molecule has 19 heavy (non-hydrogen) atoms. The molecule has 0 saturated heterocycles. The molecule has 0 saturated carbocycles. The highest BCUT2D eigenvalue weighted by Crippen LogP contribution is 2.25. The zero-order valence-corrected chi connectivity index (χ0v) is 13.2. The first-order valence-electron chi connectivity index (χ1n) is 6.46. The van der Waals surface area contributed by atoms with Crippen molar-refractivity contribution < 1.29 is 14.2 Å². The number of nitrogens with one attached hydrogen (secondary N) is 1. The number of hydrogen-bond acceptors (Lipinski definition) is 4. The van der Waals surface area contributed by atoms with Crippen LogP contribution in [0, 0.1) is 0 Å². The molecule has 0 bridgehead atoms. The number of benzene rings is 1. The Labute approximate surface area is 123 Å². The Morgan fingerprint density at radius 3 is 2.74 bits per heavy atom. The fraction of sp³-hybridized carbons (Fsp3) is 0.571. The first kappa shape index (κ1) is 16.4.